The van der Waals surface area contributed by atoms with Gasteiger partial charge in [0.05, 0.1) is 16.5 Å². The molecule has 0 bridgehead atoms. The van der Waals surface area contributed by atoms with E-state index < -0.39 is 28.4 Å². The normalized spacial score (nSPS) is 18.9. The van der Waals surface area contributed by atoms with Crippen molar-refractivity contribution in [3.63, 3.8) is 0 Å². The average Bonchev–Trinajstić information content (AvgIpc) is 3.14. The Labute approximate surface area is 187 Å². The van der Waals surface area contributed by atoms with Gasteiger partial charge in [0.25, 0.3) is 5.69 Å². The first-order valence-electron chi connectivity index (χ1n) is 9.97. The van der Waals surface area contributed by atoms with E-state index in [1.165, 1.54) is 17.0 Å². The monoisotopic (exact) mass is 464 g/mol. The first kappa shape index (κ1) is 21.9. The number of amides is 2. The van der Waals surface area contributed by atoms with Crippen molar-refractivity contribution in [1.82, 2.24) is 4.90 Å². The minimum Gasteiger partial charge on any atom is -0.362 e. The van der Waals surface area contributed by atoms with Crippen LogP contribution in [-0.4, -0.2) is 54.4 Å². The molecule has 2 aliphatic heterocycles. The molecular weight excluding hydrogens is 446 g/mol. The molecule has 168 valence electrons. The highest BCUT2D eigenvalue weighted by Crippen LogP contribution is 2.33. The number of hydrogen-bond donors (Lipinski definition) is 0. The largest absolute Gasteiger partial charge is 0.362 e. The number of hydrogen-bond acceptors (Lipinski definition) is 5. The Kier molecular flexibility index (Phi) is 5.96. The molecule has 11 heteroatoms. The highest BCUT2D eigenvalue weighted by atomic mass is 35.5. The van der Waals surface area contributed by atoms with Gasteiger partial charge in [0.2, 0.25) is 11.8 Å². The van der Waals surface area contributed by atoms with Crippen LogP contribution in [0.1, 0.15) is 6.42 Å². The Bertz CT molecular complexity index is 1090. The first-order valence-corrected chi connectivity index (χ1v) is 10.4. The van der Waals surface area contributed by atoms with Crippen molar-refractivity contribution in [2.45, 2.75) is 6.42 Å². The van der Waals surface area contributed by atoms with Gasteiger partial charge in [-0.1, -0.05) is 11.6 Å². The zero-order chi connectivity index (χ0) is 23.0. The van der Waals surface area contributed by atoms with Gasteiger partial charge >= 0.3 is 0 Å². The number of rotatable bonds is 4. The third-order valence-electron chi connectivity index (χ3n) is 5.74. The fraction of sp³-hybridized carbons (Fsp3) is 0.333. The highest BCUT2D eigenvalue weighted by molar-refractivity contribution is 6.30. The molecule has 0 spiro atoms. The summed E-state index contributed by atoms with van der Waals surface area (Å²) in [4.78, 5) is 40.8. The second-order valence-electron chi connectivity index (χ2n) is 7.70. The second-order valence-corrected chi connectivity index (χ2v) is 8.14. The number of piperazine rings is 1. The number of benzene rings is 2. The molecule has 2 saturated heterocycles. The molecule has 0 aromatic heterocycles. The van der Waals surface area contributed by atoms with E-state index in [0.29, 0.717) is 37.9 Å². The standard InChI is InChI=1S/C21H19ClF2N4O4/c22-14-1-3-18(19(10-14)28(31)32)25-5-7-26(8-6-25)21(30)13-9-20(29)27(12-13)17-4-2-15(23)11-16(17)24/h1-4,10-11,13H,5-9,12H2. The number of halogens is 3. The quantitative estimate of drug-likeness (QED) is 0.512. The van der Waals surface area contributed by atoms with Gasteiger partial charge in [-0.15, -0.1) is 0 Å². The maximum absolute atomic E-state index is 14.1. The molecule has 8 nitrogen and oxygen atoms in total. The summed E-state index contributed by atoms with van der Waals surface area (Å²) in [5.41, 5.74) is 0.280. The van der Waals surface area contributed by atoms with E-state index >= 15 is 0 Å². The van der Waals surface area contributed by atoms with E-state index in [2.05, 4.69) is 0 Å². The van der Waals surface area contributed by atoms with E-state index in [1.54, 1.807) is 17.0 Å². The number of anilines is 2. The minimum atomic E-state index is -0.857. The summed E-state index contributed by atoms with van der Waals surface area (Å²) in [7, 11) is 0. The summed E-state index contributed by atoms with van der Waals surface area (Å²) in [6.45, 7) is 1.43. The molecule has 32 heavy (non-hydrogen) atoms. The number of nitrogens with zero attached hydrogens (tertiary/aromatic N) is 4. The van der Waals surface area contributed by atoms with Crippen molar-refractivity contribution < 1.29 is 23.3 Å². The average molecular weight is 465 g/mol. The highest BCUT2D eigenvalue weighted by Gasteiger charge is 2.39. The molecule has 4 rings (SSSR count). The summed E-state index contributed by atoms with van der Waals surface area (Å²) in [6, 6.07) is 7.41. The third-order valence-corrected chi connectivity index (χ3v) is 5.98. The summed E-state index contributed by atoms with van der Waals surface area (Å²) in [6.07, 6.45) is -0.0570. The Morgan fingerprint density at radius 1 is 1.06 bits per heavy atom. The number of nitro groups is 1. The molecule has 0 saturated carbocycles. The van der Waals surface area contributed by atoms with E-state index in [0.717, 1.165) is 6.07 Å². The van der Waals surface area contributed by atoms with Crippen molar-refractivity contribution in [1.29, 1.82) is 0 Å². The molecule has 2 aromatic carbocycles. The van der Waals surface area contributed by atoms with Crippen LogP contribution >= 0.6 is 11.6 Å². The third kappa shape index (κ3) is 4.22. The number of nitro benzene ring substituents is 1. The Morgan fingerprint density at radius 3 is 2.41 bits per heavy atom. The smallest absolute Gasteiger partial charge is 0.294 e. The molecule has 2 heterocycles. The summed E-state index contributed by atoms with van der Waals surface area (Å²) in [5, 5.41) is 11.6. The van der Waals surface area contributed by atoms with Crippen LogP contribution < -0.4 is 9.80 Å². The molecule has 2 fully saturated rings. The van der Waals surface area contributed by atoms with Crippen LogP contribution in [-0.2, 0) is 9.59 Å². The summed E-state index contributed by atoms with van der Waals surface area (Å²) < 4.78 is 27.3. The topological polar surface area (TPSA) is 87.0 Å². The Morgan fingerprint density at radius 2 is 1.75 bits per heavy atom. The molecule has 1 atom stereocenters. The molecule has 0 radical (unpaired) electrons. The van der Waals surface area contributed by atoms with E-state index in [4.69, 9.17) is 11.6 Å². The van der Waals surface area contributed by atoms with Crippen LogP contribution in [0.5, 0.6) is 0 Å². The molecule has 0 N–H and O–H groups in total. The van der Waals surface area contributed by atoms with Crippen molar-refractivity contribution in [2.24, 2.45) is 5.92 Å². The molecule has 2 amide bonds. The van der Waals surface area contributed by atoms with Crippen molar-refractivity contribution >= 4 is 40.5 Å². The predicted molar refractivity (Wildman–Crippen MR) is 114 cm³/mol. The van der Waals surface area contributed by atoms with Crippen LogP contribution in [0.25, 0.3) is 0 Å². The fourth-order valence-electron chi connectivity index (χ4n) is 4.14. The minimum absolute atomic E-state index is 0.0170. The lowest BCUT2D eigenvalue weighted by Gasteiger charge is -2.36. The SMILES string of the molecule is O=C(C1CC(=O)N(c2ccc(F)cc2F)C1)N1CCN(c2ccc(Cl)cc2[N+](=O)[O-])CC1. The lowest BCUT2D eigenvalue weighted by molar-refractivity contribution is -0.384. The van der Waals surface area contributed by atoms with E-state index in [-0.39, 0.29) is 35.3 Å². The number of carbonyl (C=O) groups is 2. The van der Waals surface area contributed by atoms with Gasteiger partial charge in [-0.2, -0.15) is 0 Å². The van der Waals surface area contributed by atoms with E-state index in [1.807, 2.05) is 4.90 Å². The maximum Gasteiger partial charge on any atom is 0.294 e. The zero-order valence-corrected chi connectivity index (χ0v) is 17.6. The van der Waals surface area contributed by atoms with E-state index in [9.17, 15) is 28.5 Å². The lowest BCUT2D eigenvalue weighted by Crippen LogP contribution is -2.50. The molecule has 2 aliphatic rings. The van der Waals surface area contributed by atoms with Crippen LogP contribution in [0, 0.1) is 27.7 Å². The van der Waals surface area contributed by atoms with Crippen molar-refractivity contribution in [3.05, 3.63) is 63.2 Å². The molecular formula is C21H19ClF2N4O4. The van der Waals surface area contributed by atoms with Gasteiger partial charge < -0.3 is 14.7 Å². The number of carbonyl (C=O) groups excluding carboxylic acids is 2. The van der Waals surface area contributed by atoms with Crippen molar-refractivity contribution in [3.8, 4) is 0 Å². The van der Waals surface area contributed by atoms with Crippen molar-refractivity contribution in [2.75, 3.05) is 42.5 Å². The van der Waals surface area contributed by atoms with Gasteiger partial charge in [-0.05, 0) is 24.3 Å². The maximum atomic E-state index is 14.1. The fourth-order valence-corrected chi connectivity index (χ4v) is 4.31. The Hall–Kier alpha value is -3.27. The van der Waals surface area contributed by atoms with Gasteiger partial charge in [-0.3, -0.25) is 19.7 Å². The van der Waals surface area contributed by atoms with Crippen LogP contribution in [0.4, 0.5) is 25.8 Å². The Balaban J connectivity index is 1.41. The molecule has 1 unspecified atom stereocenters. The first-order chi connectivity index (χ1) is 15.2. The van der Waals surface area contributed by atoms with Crippen LogP contribution in [0.3, 0.4) is 0 Å². The summed E-state index contributed by atoms with van der Waals surface area (Å²) >= 11 is 5.87. The van der Waals surface area contributed by atoms with Gasteiger partial charge in [0.1, 0.15) is 17.3 Å². The zero-order valence-electron chi connectivity index (χ0n) is 16.8. The van der Waals surface area contributed by atoms with Gasteiger partial charge in [0, 0.05) is 56.3 Å². The van der Waals surface area contributed by atoms with Gasteiger partial charge in [-0.25, -0.2) is 8.78 Å². The van der Waals surface area contributed by atoms with Crippen LogP contribution in [0.15, 0.2) is 36.4 Å². The summed E-state index contributed by atoms with van der Waals surface area (Å²) in [5.74, 6) is -2.87. The van der Waals surface area contributed by atoms with Crippen LogP contribution in [0.2, 0.25) is 5.02 Å². The predicted octanol–water partition coefficient (Wildman–Crippen LogP) is 3.23. The second kappa shape index (κ2) is 8.70. The van der Waals surface area contributed by atoms with Gasteiger partial charge in [0.15, 0.2) is 0 Å². The molecule has 2 aromatic rings. The lowest BCUT2D eigenvalue weighted by atomic mass is 10.1. The molecule has 0 aliphatic carbocycles.